The third-order valence-electron chi connectivity index (χ3n) is 1.98. The number of hydrogen-bond donors (Lipinski definition) is 2. The lowest BCUT2D eigenvalue weighted by Gasteiger charge is -2.08. The first-order chi connectivity index (χ1) is 8.83. The van der Waals surface area contributed by atoms with Crippen LogP contribution in [0.2, 0.25) is 0 Å². The zero-order chi connectivity index (χ0) is 14.5. The molecular weight excluding hydrogens is 266 g/mol. The summed E-state index contributed by atoms with van der Waals surface area (Å²) in [7, 11) is 0. The summed E-state index contributed by atoms with van der Waals surface area (Å²) in [5.41, 5.74) is -0.294. The molecule has 0 aromatic heterocycles. The van der Waals surface area contributed by atoms with Crippen molar-refractivity contribution in [3.05, 3.63) is 35.1 Å². The number of carbonyl (C=O) groups excluding carboxylic acids is 1. The molecule has 0 spiro atoms. The van der Waals surface area contributed by atoms with E-state index in [1.165, 1.54) is 0 Å². The lowest BCUT2D eigenvalue weighted by molar-refractivity contribution is -0.123. The molecule has 1 aromatic rings. The first kappa shape index (κ1) is 15.0. The number of carbonyl (C=O) groups is 1. The van der Waals surface area contributed by atoms with Crippen LogP contribution in [-0.4, -0.2) is 30.3 Å². The largest absolute Gasteiger partial charge is 0.405 e. The lowest BCUT2D eigenvalue weighted by atomic mass is 10.1. The Balaban J connectivity index is 2.80. The van der Waals surface area contributed by atoms with Gasteiger partial charge in [-0.1, -0.05) is 11.8 Å². The highest BCUT2D eigenvalue weighted by Gasteiger charge is 2.27. The van der Waals surface area contributed by atoms with Gasteiger partial charge in [-0.2, -0.15) is 13.2 Å². The second-order valence-corrected chi connectivity index (χ2v) is 3.45. The van der Waals surface area contributed by atoms with Crippen LogP contribution in [-0.2, 0) is 0 Å². The lowest BCUT2D eigenvalue weighted by Crippen LogP contribution is -2.33. The summed E-state index contributed by atoms with van der Waals surface area (Å²) in [5.74, 6) is 2.64. The van der Waals surface area contributed by atoms with E-state index in [9.17, 15) is 22.4 Å². The highest BCUT2D eigenvalue weighted by molar-refractivity contribution is 5.94. The van der Waals surface area contributed by atoms with Gasteiger partial charge in [-0.3, -0.25) is 4.79 Å². The van der Waals surface area contributed by atoms with Crippen molar-refractivity contribution in [2.24, 2.45) is 0 Å². The predicted molar refractivity (Wildman–Crippen MR) is 58.8 cm³/mol. The van der Waals surface area contributed by atoms with Gasteiger partial charge in [0.25, 0.3) is 5.91 Å². The third-order valence-corrected chi connectivity index (χ3v) is 1.98. The van der Waals surface area contributed by atoms with E-state index in [1.807, 2.05) is 0 Å². The summed E-state index contributed by atoms with van der Waals surface area (Å²) in [4.78, 5) is 11.3. The predicted octanol–water partition coefficient (Wildman–Crippen LogP) is 1.46. The normalized spacial score (nSPS) is 10.6. The van der Waals surface area contributed by atoms with Crippen LogP contribution in [0.4, 0.5) is 17.6 Å². The molecule has 102 valence electrons. The molecule has 1 amide bonds. The average molecular weight is 275 g/mol. The van der Waals surface area contributed by atoms with Gasteiger partial charge in [0.2, 0.25) is 0 Å². The number of rotatable bonds is 2. The molecule has 1 aromatic carbocycles. The Morgan fingerprint density at radius 3 is 2.58 bits per heavy atom. The van der Waals surface area contributed by atoms with Crippen molar-refractivity contribution in [1.82, 2.24) is 5.32 Å². The molecule has 0 atom stereocenters. The molecule has 0 fully saturated rings. The molecule has 0 aliphatic carbocycles. The highest BCUT2D eigenvalue weighted by atomic mass is 19.4. The van der Waals surface area contributed by atoms with E-state index >= 15 is 0 Å². The fourth-order valence-electron chi connectivity index (χ4n) is 1.18. The van der Waals surface area contributed by atoms with Gasteiger partial charge in [0.05, 0.1) is 5.56 Å². The van der Waals surface area contributed by atoms with Crippen molar-refractivity contribution >= 4 is 5.91 Å². The molecule has 0 aliphatic rings. The van der Waals surface area contributed by atoms with Gasteiger partial charge in [-0.15, -0.1) is 0 Å². The molecular formula is C12H9F4NO2. The number of alkyl halides is 3. The van der Waals surface area contributed by atoms with Crippen molar-refractivity contribution in [2.45, 2.75) is 6.18 Å². The minimum atomic E-state index is -4.53. The molecule has 3 nitrogen and oxygen atoms in total. The molecule has 2 N–H and O–H groups in total. The Bertz CT molecular complexity index is 529. The molecule has 0 aliphatic heterocycles. The fraction of sp³-hybridized carbons (Fsp3) is 0.250. The van der Waals surface area contributed by atoms with Gasteiger partial charge in [0.1, 0.15) is 19.0 Å². The van der Waals surface area contributed by atoms with Crippen LogP contribution in [0.15, 0.2) is 18.2 Å². The van der Waals surface area contributed by atoms with Crippen molar-refractivity contribution in [2.75, 3.05) is 13.2 Å². The number of nitrogens with one attached hydrogen (secondary N) is 1. The summed E-state index contributed by atoms with van der Waals surface area (Å²) in [6.07, 6.45) is -4.53. The van der Waals surface area contributed by atoms with Crippen molar-refractivity contribution < 1.29 is 27.5 Å². The van der Waals surface area contributed by atoms with E-state index in [2.05, 4.69) is 11.8 Å². The third kappa shape index (κ3) is 4.97. The molecule has 7 heteroatoms. The van der Waals surface area contributed by atoms with Gasteiger partial charge in [-0.25, -0.2) is 4.39 Å². The van der Waals surface area contributed by atoms with Crippen molar-refractivity contribution in [1.29, 1.82) is 0 Å². The van der Waals surface area contributed by atoms with Gasteiger partial charge in [-0.05, 0) is 18.2 Å². The Labute approximate surface area is 106 Å². The average Bonchev–Trinajstić information content (AvgIpc) is 2.33. The highest BCUT2D eigenvalue weighted by Crippen LogP contribution is 2.13. The Morgan fingerprint density at radius 1 is 1.37 bits per heavy atom. The SMILES string of the molecule is O=C(NCC(F)(F)F)c1ccc(C#CCO)c(F)c1. The molecule has 1 rings (SSSR count). The van der Waals surface area contributed by atoms with Gasteiger partial charge in [0.15, 0.2) is 0 Å². The fourth-order valence-corrected chi connectivity index (χ4v) is 1.18. The van der Waals surface area contributed by atoms with Crippen LogP contribution in [0.3, 0.4) is 0 Å². The zero-order valence-corrected chi connectivity index (χ0v) is 9.51. The van der Waals surface area contributed by atoms with Gasteiger partial charge >= 0.3 is 6.18 Å². The smallest absolute Gasteiger partial charge is 0.384 e. The van der Waals surface area contributed by atoms with E-state index in [1.54, 1.807) is 5.32 Å². The minimum Gasteiger partial charge on any atom is -0.384 e. The summed E-state index contributed by atoms with van der Waals surface area (Å²) >= 11 is 0. The van der Waals surface area contributed by atoms with Gasteiger partial charge in [0, 0.05) is 5.56 Å². The molecule has 19 heavy (non-hydrogen) atoms. The molecule has 0 bridgehead atoms. The maximum atomic E-state index is 13.4. The molecule has 0 saturated carbocycles. The number of aliphatic hydroxyl groups excluding tert-OH is 1. The zero-order valence-electron chi connectivity index (χ0n) is 9.51. The maximum Gasteiger partial charge on any atom is 0.405 e. The topological polar surface area (TPSA) is 49.3 Å². The molecule has 0 saturated heterocycles. The summed E-state index contributed by atoms with van der Waals surface area (Å²) in [5, 5.41) is 10.1. The van der Waals surface area contributed by atoms with E-state index < -0.39 is 31.1 Å². The van der Waals surface area contributed by atoms with Crippen LogP contribution in [0.25, 0.3) is 0 Å². The number of halogens is 4. The number of amides is 1. The standard InChI is InChI=1S/C12H9F4NO2/c13-10-6-9(4-3-8(10)2-1-5-18)11(19)17-7-12(14,15)16/h3-4,6,18H,5,7H2,(H,17,19). The van der Waals surface area contributed by atoms with Crippen LogP contribution < -0.4 is 5.32 Å². The Hall–Kier alpha value is -2.07. The Morgan fingerprint density at radius 2 is 2.05 bits per heavy atom. The van der Waals surface area contributed by atoms with Crippen molar-refractivity contribution in [3.8, 4) is 11.8 Å². The van der Waals surface area contributed by atoms with E-state index in [-0.39, 0.29) is 11.1 Å². The molecule has 0 unspecified atom stereocenters. The van der Waals surface area contributed by atoms with Gasteiger partial charge < -0.3 is 10.4 Å². The van der Waals surface area contributed by atoms with Crippen LogP contribution in [0, 0.1) is 17.7 Å². The first-order valence-corrected chi connectivity index (χ1v) is 5.07. The maximum absolute atomic E-state index is 13.4. The summed E-state index contributed by atoms with van der Waals surface area (Å²) < 4.78 is 49.1. The quantitative estimate of drug-likeness (QED) is 0.634. The number of aliphatic hydroxyl groups is 1. The van der Waals surface area contributed by atoms with Crippen molar-refractivity contribution in [3.63, 3.8) is 0 Å². The van der Waals surface area contributed by atoms with E-state index in [0.717, 1.165) is 18.2 Å². The first-order valence-electron chi connectivity index (χ1n) is 5.07. The van der Waals surface area contributed by atoms with Crippen LogP contribution >= 0.6 is 0 Å². The van der Waals surface area contributed by atoms with Crippen LogP contribution in [0.5, 0.6) is 0 Å². The second kappa shape index (κ2) is 6.20. The monoisotopic (exact) mass is 275 g/mol. The summed E-state index contributed by atoms with van der Waals surface area (Å²) in [6.45, 7) is -1.94. The minimum absolute atomic E-state index is 0.0542. The second-order valence-electron chi connectivity index (χ2n) is 3.45. The molecule has 0 heterocycles. The Kier molecular flexibility index (Phi) is 4.89. The number of benzene rings is 1. The number of hydrogen-bond acceptors (Lipinski definition) is 2. The molecule has 0 radical (unpaired) electrons. The van der Waals surface area contributed by atoms with Crippen LogP contribution in [0.1, 0.15) is 15.9 Å². The van der Waals surface area contributed by atoms with E-state index in [4.69, 9.17) is 5.11 Å². The summed E-state index contributed by atoms with van der Waals surface area (Å²) in [6, 6.07) is 3.09. The van der Waals surface area contributed by atoms with E-state index in [0.29, 0.717) is 0 Å².